The highest BCUT2D eigenvalue weighted by atomic mass is 15.0. The zero-order valence-electron chi connectivity index (χ0n) is 10.5. The average Bonchev–Trinajstić information content (AvgIpc) is 2.38. The summed E-state index contributed by atoms with van der Waals surface area (Å²) in [5.41, 5.74) is 2.11. The number of aromatic nitrogens is 2. The van der Waals surface area contributed by atoms with Crippen molar-refractivity contribution in [2.24, 2.45) is 0 Å². The van der Waals surface area contributed by atoms with Gasteiger partial charge in [0, 0.05) is 5.39 Å². The van der Waals surface area contributed by atoms with Crippen molar-refractivity contribution in [3.05, 3.63) is 30.1 Å². The molecule has 0 atom stereocenters. The van der Waals surface area contributed by atoms with Crippen molar-refractivity contribution in [1.82, 2.24) is 9.97 Å². The van der Waals surface area contributed by atoms with Crippen molar-refractivity contribution in [3.8, 4) is 12.3 Å². The van der Waals surface area contributed by atoms with E-state index in [4.69, 9.17) is 6.42 Å². The summed E-state index contributed by atoms with van der Waals surface area (Å²) in [4.78, 5) is 8.36. The molecule has 0 aliphatic rings. The van der Waals surface area contributed by atoms with Crippen LogP contribution in [-0.2, 0) is 0 Å². The maximum Gasteiger partial charge on any atom is 0.138 e. The number of nitrogens with zero attached hydrogens (tertiary/aromatic N) is 2. The number of fused-ring (bicyclic) bond motifs is 1. The quantitative estimate of drug-likeness (QED) is 0.801. The second kappa shape index (κ2) is 6.49. The van der Waals surface area contributed by atoms with Crippen molar-refractivity contribution in [3.63, 3.8) is 0 Å². The molecule has 17 heavy (non-hydrogen) atoms. The van der Waals surface area contributed by atoms with E-state index in [9.17, 15) is 0 Å². The van der Waals surface area contributed by atoms with Gasteiger partial charge in [-0.05, 0) is 19.1 Å². The zero-order valence-corrected chi connectivity index (χ0v) is 10.5. The third kappa shape index (κ3) is 3.18. The number of hydrogen-bond acceptors (Lipinski definition) is 3. The van der Waals surface area contributed by atoms with Gasteiger partial charge in [0.05, 0.1) is 12.1 Å². The predicted octanol–water partition coefficient (Wildman–Crippen LogP) is 3.01. The molecule has 1 aromatic carbocycles. The van der Waals surface area contributed by atoms with Crippen LogP contribution in [0.1, 0.15) is 19.4 Å². The summed E-state index contributed by atoms with van der Waals surface area (Å²) in [6.45, 7) is 6.51. The van der Waals surface area contributed by atoms with Gasteiger partial charge in [-0.1, -0.05) is 31.4 Å². The van der Waals surface area contributed by atoms with Crippen LogP contribution in [0.3, 0.4) is 0 Å². The highest BCUT2D eigenvalue weighted by Crippen LogP contribution is 2.19. The normalized spacial score (nSPS) is 9.06. The molecule has 0 unspecified atom stereocenters. The molecular formula is C14H17N3. The Labute approximate surface area is 102 Å². The minimum Gasteiger partial charge on any atom is -0.359 e. The second-order valence-electron chi connectivity index (χ2n) is 3.30. The van der Waals surface area contributed by atoms with Crippen LogP contribution in [0.5, 0.6) is 0 Å². The maximum atomic E-state index is 5.19. The number of rotatable bonds is 2. The molecule has 1 heterocycles. The van der Waals surface area contributed by atoms with E-state index in [1.165, 1.54) is 11.9 Å². The van der Waals surface area contributed by atoms with Gasteiger partial charge in [0.2, 0.25) is 0 Å². The van der Waals surface area contributed by atoms with Crippen molar-refractivity contribution in [2.75, 3.05) is 11.9 Å². The van der Waals surface area contributed by atoms with E-state index in [1.807, 2.05) is 39.0 Å². The molecule has 88 valence electrons. The highest BCUT2D eigenvalue weighted by molar-refractivity contribution is 5.89. The van der Waals surface area contributed by atoms with Gasteiger partial charge < -0.3 is 5.32 Å². The van der Waals surface area contributed by atoms with E-state index < -0.39 is 0 Å². The Bertz CT molecular complexity index is 526. The van der Waals surface area contributed by atoms with Crippen molar-refractivity contribution >= 4 is 16.7 Å². The lowest BCUT2D eigenvalue weighted by molar-refractivity contribution is 1.19. The van der Waals surface area contributed by atoms with Gasteiger partial charge in [0.25, 0.3) is 0 Å². The highest BCUT2D eigenvalue weighted by Gasteiger charge is 2.01. The molecule has 0 spiro atoms. The molecule has 2 aromatic rings. The summed E-state index contributed by atoms with van der Waals surface area (Å²) in [7, 11) is 0. The Morgan fingerprint density at radius 2 is 2.06 bits per heavy atom. The van der Waals surface area contributed by atoms with Gasteiger partial charge in [0.15, 0.2) is 0 Å². The molecule has 0 saturated heterocycles. The Kier molecular flexibility index (Phi) is 4.96. The van der Waals surface area contributed by atoms with Crippen molar-refractivity contribution in [1.29, 1.82) is 0 Å². The molecule has 3 heteroatoms. The van der Waals surface area contributed by atoms with E-state index in [2.05, 4.69) is 21.2 Å². The second-order valence-corrected chi connectivity index (χ2v) is 3.30. The minimum absolute atomic E-state index is 0.472. The van der Waals surface area contributed by atoms with Crippen LogP contribution < -0.4 is 5.32 Å². The first-order chi connectivity index (χ1) is 8.31. The molecule has 0 amide bonds. The number of aryl methyl sites for hydroxylation is 1. The summed E-state index contributed by atoms with van der Waals surface area (Å²) >= 11 is 0. The number of benzene rings is 1. The Morgan fingerprint density at radius 1 is 1.29 bits per heavy atom. The number of terminal acetylenes is 1. The predicted molar refractivity (Wildman–Crippen MR) is 72.9 cm³/mol. The molecule has 0 saturated carbocycles. The molecule has 0 aliphatic carbocycles. The van der Waals surface area contributed by atoms with Crippen LogP contribution in [0.2, 0.25) is 0 Å². The molecule has 0 fully saturated rings. The van der Waals surface area contributed by atoms with Gasteiger partial charge >= 0.3 is 0 Å². The fraction of sp³-hybridized carbons (Fsp3) is 0.286. The smallest absolute Gasteiger partial charge is 0.138 e. The lowest BCUT2D eigenvalue weighted by Crippen LogP contribution is -2.02. The van der Waals surface area contributed by atoms with E-state index in [1.54, 1.807) is 0 Å². The van der Waals surface area contributed by atoms with Crippen LogP contribution in [0.15, 0.2) is 24.5 Å². The van der Waals surface area contributed by atoms with Gasteiger partial charge in [-0.2, -0.15) is 0 Å². The van der Waals surface area contributed by atoms with E-state index in [-0.39, 0.29) is 0 Å². The fourth-order valence-corrected chi connectivity index (χ4v) is 1.45. The largest absolute Gasteiger partial charge is 0.359 e. The topological polar surface area (TPSA) is 37.8 Å². The van der Waals surface area contributed by atoms with Crippen LogP contribution in [0.4, 0.5) is 5.82 Å². The van der Waals surface area contributed by atoms with Gasteiger partial charge in [0.1, 0.15) is 12.1 Å². The third-order valence-corrected chi connectivity index (χ3v) is 2.15. The zero-order chi connectivity index (χ0) is 12.7. The summed E-state index contributed by atoms with van der Waals surface area (Å²) < 4.78 is 0. The first-order valence-electron chi connectivity index (χ1n) is 5.70. The standard InChI is InChI=1S/C12H11N3.C2H6/c1-3-6-13-12-10-7-9(2)4-5-11(10)14-8-15-12;1-2/h1,4-5,7-8H,6H2,2H3,(H,13,14,15);1-2H3. The number of anilines is 1. The number of hydrogen-bond donors (Lipinski definition) is 1. The van der Waals surface area contributed by atoms with Gasteiger partial charge in [-0.3, -0.25) is 0 Å². The maximum absolute atomic E-state index is 5.19. The molecule has 1 aromatic heterocycles. The van der Waals surface area contributed by atoms with E-state index in [0.717, 1.165) is 16.7 Å². The first-order valence-corrected chi connectivity index (χ1v) is 5.70. The summed E-state index contributed by atoms with van der Waals surface area (Å²) in [6, 6.07) is 6.06. The van der Waals surface area contributed by atoms with Gasteiger partial charge in [-0.15, -0.1) is 6.42 Å². The fourth-order valence-electron chi connectivity index (χ4n) is 1.45. The van der Waals surface area contributed by atoms with Crippen molar-refractivity contribution in [2.45, 2.75) is 20.8 Å². The average molecular weight is 227 g/mol. The minimum atomic E-state index is 0.472. The first kappa shape index (κ1) is 13.0. The molecule has 1 N–H and O–H groups in total. The lowest BCUT2D eigenvalue weighted by Gasteiger charge is -2.05. The molecule has 0 radical (unpaired) electrons. The SMILES string of the molecule is C#CCNc1ncnc2ccc(C)cc12.CC. The summed E-state index contributed by atoms with van der Waals surface area (Å²) in [6.07, 6.45) is 6.73. The van der Waals surface area contributed by atoms with Crippen LogP contribution in [0.25, 0.3) is 10.9 Å². The molecule has 2 rings (SSSR count). The molecular weight excluding hydrogens is 210 g/mol. The molecule has 0 aliphatic heterocycles. The third-order valence-electron chi connectivity index (χ3n) is 2.15. The van der Waals surface area contributed by atoms with E-state index in [0.29, 0.717) is 6.54 Å². The molecule has 3 nitrogen and oxygen atoms in total. The van der Waals surface area contributed by atoms with E-state index >= 15 is 0 Å². The Hall–Kier alpha value is -2.08. The van der Waals surface area contributed by atoms with Crippen LogP contribution in [0, 0.1) is 19.3 Å². The Morgan fingerprint density at radius 3 is 2.76 bits per heavy atom. The van der Waals surface area contributed by atoms with Crippen LogP contribution in [-0.4, -0.2) is 16.5 Å². The Balaban J connectivity index is 0.000000686. The summed E-state index contributed by atoms with van der Waals surface area (Å²) in [5.74, 6) is 3.32. The number of nitrogens with one attached hydrogen (secondary N) is 1. The molecule has 0 bridgehead atoms. The van der Waals surface area contributed by atoms with Crippen LogP contribution >= 0.6 is 0 Å². The lowest BCUT2D eigenvalue weighted by atomic mass is 10.1. The van der Waals surface area contributed by atoms with Crippen molar-refractivity contribution < 1.29 is 0 Å². The summed E-state index contributed by atoms with van der Waals surface area (Å²) in [5, 5.41) is 4.08. The monoisotopic (exact) mass is 227 g/mol. The van der Waals surface area contributed by atoms with Gasteiger partial charge in [-0.25, -0.2) is 9.97 Å².